The van der Waals surface area contributed by atoms with Gasteiger partial charge in [0.25, 0.3) is 0 Å². The molecule has 0 aliphatic carbocycles. The summed E-state index contributed by atoms with van der Waals surface area (Å²) in [5.74, 6) is -1.92. The zero-order chi connectivity index (χ0) is 18.0. The van der Waals surface area contributed by atoms with Gasteiger partial charge in [0.15, 0.2) is 0 Å². The van der Waals surface area contributed by atoms with Gasteiger partial charge in [-0.15, -0.1) is 0 Å². The van der Waals surface area contributed by atoms with E-state index in [2.05, 4.69) is 5.10 Å². The third-order valence-corrected chi connectivity index (χ3v) is 4.23. The van der Waals surface area contributed by atoms with E-state index in [1.807, 2.05) is 12.1 Å². The molecule has 9 nitrogen and oxygen atoms in total. The lowest BCUT2D eigenvalue weighted by Gasteiger charge is -2.32. The maximum atomic E-state index is 12.4. The number of rotatable bonds is 5. The molecular weight excluding hydrogens is 328 g/mol. The van der Waals surface area contributed by atoms with Gasteiger partial charge >= 0.3 is 11.7 Å². The number of benzene rings is 1. The van der Waals surface area contributed by atoms with Crippen LogP contribution < -0.4 is 0 Å². The molecule has 0 saturated heterocycles. The molecule has 1 aliphatic heterocycles. The van der Waals surface area contributed by atoms with Crippen molar-refractivity contribution < 1.29 is 19.6 Å². The average Bonchev–Trinajstić information content (AvgIpc) is 3.08. The molecule has 1 atom stereocenters. The highest BCUT2D eigenvalue weighted by Crippen LogP contribution is 2.28. The van der Waals surface area contributed by atoms with Crippen molar-refractivity contribution in [3.05, 3.63) is 57.9 Å². The van der Waals surface area contributed by atoms with Crippen LogP contribution in [0.4, 0.5) is 5.69 Å². The summed E-state index contributed by atoms with van der Waals surface area (Å²) < 4.78 is 1.34. The van der Waals surface area contributed by atoms with Crippen LogP contribution >= 0.6 is 0 Å². The maximum absolute atomic E-state index is 12.4. The van der Waals surface area contributed by atoms with Crippen molar-refractivity contribution in [2.75, 3.05) is 6.54 Å². The van der Waals surface area contributed by atoms with Crippen molar-refractivity contribution in [2.45, 2.75) is 25.4 Å². The van der Waals surface area contributed by atoms with Crippen molar-refractivity contribution >= 4 is 17.6 Å². The first-order valence-corrected chi connectivity index (χ1v) is 7.71. The van der Waals surface area contributed by atoms with E-state index in [1.165, 1.54) is 15.8 Å². The Morgan fingerprint density at radius 3 is 2.80 bits per heavy atom. The number of aryl methyl sites for hydroxylation is 1. The summed E-state index contributed by atoms with van der Waals surface area (Å²) in [5, 5.41) is 23.9. The number of fused-ring (bicyclic) bond motifs is 1. The van der Waals surface area contributed by atoms with E-state index >= 15 is 0 Å². The van der Waals surface area contributed by atoms with E-state index in [9.17, 15) is 24.8 Å². The number of carboxylic acids is 1. The number of nitrogens with zero attached hydrogens (tertiary/aromatic N) is 4. The Morgan fingerprint density at radius 2 is 2.12 bits per heavy atom. The molecule has 1 aliphatic rings. The third kappa shape index (κ3) is 3.49. The first-order valence-electron chi connectivity index (χ1n) is 7.71. The summed E-state index contributed by atoms with van der Waals surface area (Å²) in [6.07, 6.45) is 2.48. The molecule has 1 aromatic carbocycles. The van der Waals surface area contributed by atoms with Crippen LogP contribution in [0, 0.1) is 10.1 Å². The van der Waals surface area contributed by atoms with Gasteiger partial charge in [-0.05, 0) is 11.1 Å². The van der Waals surface area contributed by atoms with Crippen molar-refractivity contribution in [3.8, 4) is 0 Å². The first kappa shape index (κ1) is 16.6. The van der Waals surface area contributed by atoms with Gasteiger partial charge in [0, 0.05) is 26.1 Å². The SMILES string of the molecule is O=C(O)C1CN(C(=O)CCn2cc([N+](=O)[O-])cn2)Cc2ccccc21. The van der Waals surface area contributed by atoms with Crippen LogP contribution in [-0.4, -0.2) is 43.1 Å². The monoisotopic (exact) mass is 344 g/mol. The molecule has 25 heavy (non-hydrogen) atoms. The molecule has 0 fully saturated rings. The Hall–Kier alpha value is -3.23. The zero-order valence-electron chi connectivity index (χ0n) is 13.2. The summed E-state index contributed by atoms with van der Waals surface area (Å²) in [7, 11) is 0. The Morgan fingerprint density at radius 1 is 1.36 bits per heavy atom. The van der Waals surface area contributed by atoms with Gasteiger partial charge in [-0.3, -0.25) is 24.4 Å². The predicted octanol–water partition coefficient (Wildman–Crippen LogP) is 1.39. The highest BCUT2D eigenvalue weighted by Gasteiger charge is 2.32. The lowest BCUT2D eigenvalue weighted by Crippen LogP contribution is -2.40. The number of carboxylic acid groups (broad SMARTS) is 1. The average molecular weight is 344 g/mol. The van der Waals surface area contributed by atoms with E-state index in [4.69, 9.17) is 0 Å². The summed E-state index contributed by atoms with van der Waals surface area (Å²) in [4.78, 5) is 35.6. The molecule has 3 rings (SSSR count). The molecule has 0 saturated carbocycles. The quantitative estimate of drug-likeness (QED) is 0.647. The molecule has 1 amide bonds. The molecule has 0 radical (unpaired) electrons. The van der Waals surface area contributed by atoms with E-state index in [1.54, 1.807) is 12.1 Å². The standard InChI is InChI=1S/C16H16N4O5/c21-15(5-6-19-9-12(7-17-19)20(24)25)18-8-11-3-1-2-4-13(11)14(10-18)16(22)23/h1-4,7,9,14H,5-6,8,10H2,(H,22,23). The summed E-state index contributed by atoms with van der Waals surface area (Å²) in [6, 6.07) is 7.20. The second-order valence-corrected chi connectivity index (χ2v) is 5.83. The molecule has 1 N–H and O–H groups in total. The molecule has 1 unspecified atom stereocenters. The summed E-state index contributed by atoms with van der Waals surface area (Å²) >= 11 is 0. The molecule has 0 bridgehead atoms. The maximum Gasteiger partial charge on any atom is 0.312 e. The molecule has 2 heterocycles. The smallest absolute Gasteiger partial charge is 0.312 e. The highest BCUT2D eigenvalue weighted by molar-refractivity contribution is 5.81. The van der Waals surface area contributed by atoms with E-state index in [0.29, 0.717) is 6.54 Å². The second kappa shape index (κ2) is 6.71. The van der Waals surface area contributed by atoms with E-state index < -0.39 is 16.8 Å². The van der Waals surface area contributed by atoms with E-state index in [0.717, 1.165) is 17.3 Å². The van der Waals surface area contributed by atoms with Crippen LogP contribution in [0.15, 0.2) is 36.7 Å². The lowest BCUT2D eigenvalue weighted by molar-refractivity contribution is -0.385. The Labute approximate surface area is 142 Å². The van der Waals surface area contributed by atoms with Crippen molar-refractivity contribution in [2.24, 2.45) is 0 Å². The fraction of sp³-hybridized carbons (Fsp3) is 0.312. The van der Waals surface area contributed by atoms with Crippen molar-refractivity contribution in [1.29, 1.82) is 0 Å². The molecule has 1 aromatic heterocycles. The molecule has 2 aromatic rings. The number of nitro groups is 1. The van der Waals surface area contributed by atoms with Crippen LogP contribution in [0.2, 0.25) is 0 Å². The Balaban J connectivity index is 1.68. The zero-order valence-corrected chi connectivity index (χ0v) is 13.2. The predicted molar refractivity (Wildman–Crippen MR) is 85.7 cm³/mol. The van der Waals surface area contributed by atoms with Crippen LogP contribution in [0.25, 0.3) is 0 Å². The van der Waals surface area contributed by atoms with Gasteiger partial charge in [0.1, 0.15) is 12.4 Å². The second-order valence-electron chi connectivity index (χ2n) is 5.83. The van der Waals surface area contributed by atoms with Crippen molar-refractivity contribution in [1.82, 2.24) is 14.7 Å². The fourth-order valence-electron chi connectivity index (χ4n) is 2.95. The van der Waals surface area contributed by atoms with E-state index in [-0.39, 0.29) is 31.1 Å². The van der Waals surface area contributed by atoms with Gasteiger partial charge in [-0.2, -0.15) is 5.10 Å². The van der Waals surface area contributed by atoms with Crippen LogP contribution in [0.1, 0.15) is 23.5 Å². The number of amides is 1. The van der Waals surface area contributed by atoms with Gasteiger partial charge in [0.05, 0.1) is 10.8 Å². The fourth-order valence-corrected chi connectivity index (χ4v) is 2.95. The first-order chi connectivity index (χ1) is 12.0. The van der Waals surface area contributed by atoms with Crippen LogP contribution in [-0.2, 0) is 22.7 Å². The Bertz CT molecular complexity index is 831. The summed E-state index contributed by atoms with van der Waals surface area (Å²) in [6.45, 7) is 0.672. The minimum Gasteiger partial charge on any atom is -0.481 e. The minimum absolute atomic E-state index is 0.0906. The molecule has 9 heteroatoms. The normalized spacial score (nSPS) is 16.3. The summed E-state index contributed by atoms with van der Waals surface area (Å²) in [5.41, 5.74) is 1.43. The topological polar surface area (TPSA) is 119 Å². The molecule has 130 valence electrons. The number of carbonyl (C=O) groups excluding carboxylic acids is 1. The van der Waals surface area contributed by atoms with Gasteiger partial charge in [-0.25, -0.2) is 0 Å². The molecular formula is C16H16N4O5. The number of hydrogen-bond donors (Lipinski definition) is 1. The Kier molecular flexibility index (Phi) is 4.46. The van der Waals surface area contributed by atoms with Gasteiger partial charge in [-0.1, -0.05) is 24.3 Å². The third-order valence-electron chi connectivity index (χ3n) is 4.23. The highest BCUT2D eigenvalue weighted by atomic mass is 16.6. The number of aromatic nitrogens is 2. The minimum atomic E-state index is -0.965. The largest absolute Gasteiger partial charge is 0.481 e. The van der Waals surface area contributed by atoms with Gasteiger partial charge in [0.2, 0.25) is 5.91 Å². The lowest BCUT2D eigenvalue weighted by atomic mass is 9.89. The number of hydrogen-bond acceptors (Lipinski definition) is 5. The van der Waals surface area contributed by atoms with Crippen molar-refractivity contribution in [3.63, 3.8) is 0 Å². The van der Waals surface area contributed by atoms with Crippen LogP contribution in [0.3, 0.4) is 0 Å². The number of carbonyl (C=O) groups is 2. The van der Waals surface area contributed by atoms with Gasteiger partial charge < -0.3 is 10.0 Å². The number of aliphatic carboxylic acids is 1. The molecule has 0 spiro atoms. The van der Waals surface area contributed by atoms with Crippen LogP contribution in [0.5, 0.6) is 0 Å².